The number of amides is 1. The Morgan fingerprint density at radius 1 is 1.21 bits per heavy atom. The number of rotatable bonds is 1. The first kappa shape index (κ1) is 14.8. The minimum atomic E-state index is -0.956. The molecule has 4 heteroatoms. The topological polar surface area (TPSA) is 75.3 Å². The van der Waals surface area contributed by atoms with E-state index < -0.39 is 11.5 Å². The van der Waals surface area contributed by atoms with Gasteiger partial charge in [0.05, 0.1) is 11.5 Å². The van der Waals surface area contributed by atoms with Gasteiger partial charge in [-0.15, -0.1) is 0 Å². The molecule has 2 saturated carbocycles. The summed E-state index contributed by atoms with van der Waals surface area (Å²) in [6, 6.07) is 0. The van der Waals surface area contributed by atoms with Gasteiger partial charge in [-0.3, -0.25) is 10.2 Å². The second kappa shape index (κ2) is 4.45. The zero-order valence-corrected chi connectivity index (χ0v) is 12.6. The third kappa shape index (κ3) is 2.19. The van der Waals surface area contributed by atoms with Crippen molar-refractivity contribution in [2.75, 3.05) is 0 Å². The molecule has 0 heterocycles. The Balaban J connectivity index is 2.44. The van der Waals surface area contributed by atoms with E-state index in [0.717, 1.165) is 19.3 Å². The summed E-state index contributed by atoms with van der Waals surface area (Å²) >= 11 is 0. The Kier molecular flexibility index (Phi) is 3.47. The molecule has 2 aliphatic carbocycles. The van der Waals surface area contributed by atoms with Crippen molar-refractivity contribution >= 4 is 5.91 Å². The highest BCUT2D eigenvalue weighted by Crippen LogP contribution is 2.61. The van der Waals surface area contributed by atoms with Gasteiger partial charge >= 0.3 is 0 Å². The van der Waals surface area contributed by atoms with E-state index in [4.69, 9.17) is 5.84 Å². The molecule has 2 rings (SSSR count). The van der Waals surface area contributed by atoms with Crippen LogP contribution in [0, 0.1) is 22.7 Å². The lowest BCUT2D eigenvalue weighted by molar-refractivity contribution is -0.179. The molecule has 1 amide bonds. The molecule has 2 aliphatic rings. The third-order valence-corrected chi connectivity index (χ3v) is 5.90. The smallest absolute Gasteiger partial charge is 0.240 e. The van der Waals surface area contributed by atoms with Crippen molar-refractivity contribution < 1.29 is 9.90 Å². The van der Waals surface area contributed by atoms with Gasteiger partial charge in [0, 0.05) is 0 Å². The van der Waals surface area contributed by atoms with Crippen molar-refractivity contribution in [1.82, 2.24) is 5.43 Å². The predicted octanol–water partition coefficient (Wildman–Crippen LogP) is 1.97. The molecule has 0 radical (unpaired) electrons. The van der Waals surface area contributed by atoms with Crippen LogP contribution < -0.4 is 11.3 Å². The SMILES string of the molecule is CC1(C)CCCC2(C)C1CCC(C)(O)C2C(=O)NN. The Morgan fingerprint density at radius 3 is 2.42 bits per heavy atom. The first-order valence-corrected chi connectivity index (χ1v) is 7.38. The lowest BCUT2D eigenvalue weighted by Crippen LogP contribution is -2.62. The van der Waals surface area contributed by atoms with Crippen molar-refractivity contribution in [1.29, 1.82) is 0 Å². The van der Waals surface area contributed by atoms with Crippen LogP contribution in [0.25, 0.3) is 0 Å². The fourth-order valence-corrected chi connectivity index (χ4v) is 5.19. The lowest BCUT2D eigenvalue weighted by Gasteiger charge is -2.60. The molecule has 2 fully saturated rings. The highest BCUT2D eigenvalue weighted by Gasteiger charge is 2.60. The van der Waals surface area contributed by atoms with Gasteiger partial charge in [0.2, 0.25) is 5.91 Å². The summed E-state index contributed by atoms with van der Waals surface area (Å²) in [5.74, 6) is 5.20. The second-order valence-corrected chi connectivity index (χ2v) is 7.74. The number of hydrogen-bond donors (Lipinski definition) is 3. The van der Waals surface area contributed by atoms with Crippen molar-refractivity contribution in [2.45, 2.75) is 65.4 Å². The van der Waals surface area contributed by atoms with Crippen molar-refractivity contribution in [3.05, 3.63) is 0 Å². The molecule has 19 heavy (non-hydrogen) atoms. The standard InChI is InChI=1S/C15H28N2O2/c1-13(2)7-5-8-14(3)10(13)6-9-15(4,19)11(14)12(18)17-16/h10-11,19H,5-9,16H2,1-4H3,(H,17,18). The molecule has 0 saturated heterocycles. The number of nitrogens with two attached hydrogens (primary N) is 1. The van der Waals surface area contributed by atoms with Crippen molar-refractivity contribution in [2.24, 2.45) is 28.5 Å². The van der Waals surface area contributed by atoms with Crippen LogP contribution in [0.1, 0.15) is 59.8 Å². The maximum absolute atomic E-state index is 12.3. The molecule has 4 unspecified atom stereocenters. The summed E-state index contributed by atoms with van der Waals surface area (Å²) < 4.78 is 0. The van der Waals surface area contributed by atoms with Crippen LogP contribution >= 0.6 is 0 Å². The second-order valence-electron chi connectivity index (χ2n) is 7.74. The number of carbonyl (C=O) groups excluding carboxylic acids is 1. The molecule has 0 aromatic rings. The number of carbonyl (C=O) groups is 1. The van der Waals surface area contributed by atoms with Gasteiger partial charge in [0.25, 0.3) is 0 Å². The average Bonchev–Trinajstić information content (AvgIpc) is 2.25. The number of fused-ring (bicyclic) bond motifs is 1. The molecule has 0 bridgehead atoms. The minimum absolute atomic E-state index is 0.160. The Hall–Kier alpha value is -0.610. The number of hydrogen-bond acceptors (Lipinski definition) is 3. The predicted molar refractivity (Wildman–Crippen MR) is 74.9 cm³/mol. The summed E-state index contributed by atoms with van der Waals surface area (Å²) in [6.45, 7) is 8.56. The number of hydrazine groups is 1. The molecule has 4 N–H and O–H groups in total. The molecular formula is C15H28N2O2. The molecule has 0 aromatic heterocycles. The number of aliphatic hydroxyl groups is 1. The molecule has 0 aromatic carbocycles. The first-order valence-electron chi connectivity index (χ1n) is 7.38. The lowest BCUT2D eigenvalue weighted by atomic mass is 9.45. The van der Waals surface area contributed by atoms with E-state index in [0.29, 0.717) is 12.3 Å². The zero-order valence-electron chi connectivity index (χ0n) is 12.6. The van der Waals surface area contributed by atoms with E-state index in [2.05, 4.69) is 26.2 Å². The van der Waals surface area contributed by atoms with Gasteiger partial charge in [-0.05, 0) is 49.4 Å². The van der Waals surface area contributed by atoms with Gasteiger partial charge in [-0.25, -0.2) is 5.84 Å². The highest BCUT2D eigenvalue weighted by atomic mass is 16.3. The molecule has 110 valence electrons. The van der Waals surface area contributed by atoms with E-state index in [1.807, 2.05) is 0 Å². The minimum Gasteiger partial charge on any atom is -0.389 e. The Labute approximate surface area is 116 Å². The first-order chi connectivity index (χ1) is 8.65. The number of nitrogens with one attached hydrogen (secondary N) is 1. The van der Waals surface area contributed by atoms with E-state index in [1.54, 1.807) is 6.92 Å². The molecule has 0 spiro atoms. The van der Waals surface area contributed by atoms with Gasteiger partial charge in [-0.1, -0.05) is 27.2 Å². The van der Waals surface area contributed by atoms with E-state index >= 15 is 0 Å². The fraction of sp³-hybridized carbons (Fsp3) is 0.933. The van der Waals surface area contributed by atoms with Gasteiger partial charge < -0.3 is 5.11 Å². The monoisotopic (exact) mass is 268 g/mol. The van der Waals surface area contributed by atoms with Crippen LogP contribution in [-0.4, -0.2) is 16.6 Å². The summed E-state index contributed by atoms with van der Waals surface area (Å²) in [5, 5.41) is 10.7. The maximum Gasteiger partial charge on any atom is 0.240 e. The van der Waals surface area contributed by atoms with Gasteiger partial charge in [-0.2, -0.15) is 0 Å². The van der Waals surface area contributed by atoms with Crippen LogP contribution in [0.3, 0.4) is 0 Å². The van der Waals surface area contributed by atoms with Crippen LogP contribution in [0.15, 0.2) is 0 Å². The van der Waals surface area contributed by atoms with E-state index in [-0.39, 0.29) is 16.7 Å². The highest BCUT2D eigenvalue weighted by molar-refractivity contribution is 5.80. The quantitative estimate of drug-likeness (QED) is 0.386. The summed E-state index contributed by atoms with van der Waals surface area (Å²) in [4.78, 5) is 12.3. The van der Waals surface area contributed by atoms with Crippen LogP contribution in [0.5, 0.6) is 0 Å². The Morgan fingerprint density at radius 2 is 1.84 bits per heavy atom. The molecule has 0 aliphatic heterocycles. The summed E-state index contributed by atoms with van der Waals surface area (Å²) in [7, 11) is 0. The van der Waals surface area contributed by atoms with E-state index in [9.17, 15) is 9.90 Å². The zero-order chi connectivity index (χ0) is 14.5. The largest absolute Gasteiger partial charge is 0.389 e. The summed E-state index contributed by atoms with van der Waals surface area (Å²) in [5.41, 5.74) is 1.39. The molecule has 4 nitrogen and oxygen atoms in total. The normalized spacial score (nSPS) is 45.4. The Bertz CT molecular complexity index is 378. The molecule has 4 atom stereocenters. The van der Waals surface area contributed by atoms with Crippen molar-refractivity contribution in [3.63, 3.8) is 0 Å². The van der Waals surface area contributed by atoms with Crippen LogP contribution in [0.2, 0.25) is 0 Å². The maximum atomic E-state index is 12.3. The third-order valence-electron chi connectivity index (χ3n) is 5.90. The van der Waals surface area contributed by atoms with E-state index in [1.165, 1.54) is 6.42 Å². The van der Waals surface area contributed by atoms with Crippen LogP contribution in [0.4, 0.5) is 0 Å². The van der Waals surface area contributed by atoms with Gasteiger partial charge in [0.15, 0.2) is 0 Å². The molecular weight excluding hydrogens is 240 g/mol. The summed E-state index contributed by atoms with van der Waals surface area (Å²) in [6.07, 6.45) is 4.98. The average molecular weight is 268 g/mol. The van der Waals surface area contributed by atoms with Crippen LogP contribution in [-0.2, 0) is 4.79 Å². The van der Waals surface area contributed by atoms with Crippen molar-refractivity contribution in [3.8, 4) is 0 Å². The van der Waals surface area contributed by atoms with Gasteiger partial charge in [0.1, 0.15) is 0 Å². The fourth-order valence-electron chi connectivity index (χ4n) is 5.19.